The first-order valence-corrected chi connectivity index (χ1v) is 12.5. The molecule has 2 atom stereocenters. The molecule has 2 aromatic rings. The summed E-state index contributed by atoms with van der Waals surface area (Å²) in [6.45, 7) is 6.76. The molecule has 3 aliphatic heterocycles. The Bertz CT molecular complexity index is 1100. The predicted octanol–water partition coefficient (Wildman–Crippen LogP) is 4.57. The Morgan fingerprint density at radius 1 is 1.19 bits per heavy atom. The molecule has 0 spiro atoms. The van der Waals surface area contributed by atoms with E-state index in [-0.39, 0.29) is 35.0 Å². The number of carbonyl (C=O) groups excluding carboxylic acids is 1. The number of anilines is 1. The van der Waals surface area contributed by atoms with E-state index in [4.69, 9.17) is 19.2 Å². The van der Waals surface area contributed by atoms with Gasteiger partial charge < -0.3 is 19.1 Å². The van der Waals surface area contributed by atoms with Gasteiger partial charge in [0.15, 0.2) is 22.5 Å². The number of carbonyl (C=O) groups is 1. The van der Waals surface area contributed by atoms with Crippen LogP contribution in [-0.4, -0.2) is 64.8 Å². The summed E-state index contributed by atoms with van der Waals surface area (Å²) in [5.41, 5.74) is -0.357. The number of thioether (sulfide) groups is 1. The van der Waals surface area contributed by atoms with Gasteiger partial charge in [-0.15, -0.1) is 0 Å². The SMILES string of the molecule is CSc1nc(N2C[C@H]3CC[C@@H](C2)N3C(=O)OC(C)(C)C)c2c3c(c(Br)c(F)c2n1)OCO3. The third kappa shape index (κ3) is 3.53. The maximum absolute atomic E-state index is 15.2. The number of aromatic nitrogens is 2. The van der Waals surface area contributed by atoms with Gasteiger partial charge in [-0.25, -0.2) is 19.2 Å². The van der Waals surface area contributed by atoms with Gasteiger partial charge in [-0.1, -0.05) is 11.8 Å². The number of rotatable bonds is 2. The van der Waals surface area contributed by atoms with E-state index < -0.39 is 11.4 Å². The van der Waals surface area contributed by atoms with E-state index >= 15 is 4.39 Å². The molecule has 11 heteroatoms. The van der Waals surface area contributed by atoms with Gasteiger partial charge in [0, 0.05) is 13.1 Å². The van der Waals surface area contributed by atoms with Crippen molar-refractivity contribution in [1.82, 2.24) is 14.9 Å². The van der Waals surface area contributed by atoms with Gasteiger partial charge in [0.1, 0.15) is 21.4 Å². The average molecular weight is 527 g/mol. The number of benzene rings is 1. The molecular formula is C21H24BrFN4O4S. The Morgan fingerprint density at radius 3 is 2.47 bits per heavy atom. The highest BCUT2D eigenvalue weighted by Gasteiger charge is 2.45. The van der Waals surface area contributed by atoms with Crippen LogP contribution in [0.4, 0.5) is 15.0 Å². The Hall–Kier alpha value is -2.01. The monoisotopic (exact) mass is 526 g/mol. The molecule has 0 unspecified atom stereocenters. The maximum atomic E-state index is 15.2. The molecule has 4 heterocycles. The van der Waals surface area contributed by atoms with Gasteiger partial charge in [0.25, 0.3) is 0 Å². The molecule has 5 rings (SSSR count). The minimum absolute atomic E-state index is 0.00291. The van der Waals surface area contributed by atoms with Crippen LogP contribution in [0.2, 0.25) is 0 Å². The van der Waals surface area contributed by atoms with E-state index in [9.17, 15) is 4.79 Å². The first kappa shape index (κ1) is 21.8. The zero-order valence-corrected chi connectivity index (χ0v) is 20.7. The first-order valence-electron chi connectivity index (χ1n) is 10.5. The summed E-state index contributed by atoms with van der Waals surface area (Å²) >= 11 is 4.63. The van der Waals surface area contributed by atoms with Crippen LogP contribution in [0.15, 0.2) is 9.63 Å². The minimum atomic E-state index is -0.549. The molecule has 1 aromatic heterocycles. The lowest BCUT2D eigenvalue weighted by Crippen LogP contribution is -2.57. The quantitative estimate of drug-likeness (QED) is 0.416. The number of halogens is 2. The van der Waals surface area contributed by atoms with E-state index in [1.165, 1.54) is 11.8 Å². The Kier molecular flexibility index (Phi) is 5.31. The second kappa shape index (κ2) is 7.79. The van der Waals surface area contributed by atoms with E-state index in [2.05, 4.69) is 25.8 Å². The highest BCUT2D eigenvalue weighted by Crippen LogP contribution is 2.49. The summed E-state index contributed by atoms with van der Waals surface area (Å²) in [4.78, 5) is 26.0. The third-order valence-electron chi connectivity index (χ3n) is 5.88. The Labute approximate surface area is 197 Å². The highest BCUT2D eigenvalue weighted by molar-refractivity contribution is 9.10. The lowest BCUT2D eigenvalue weighted by molar-refractivity contribution is 0.0123. The third-order valence-corrected chi connectivity index (χ3v) is 7.13. The average Bonchev–Trinajstić information content (AvgIpc) is 3.32. The first-order chi connectivity index (χ1) is 15.2. The summed E-state index contributed by atoms with van der Waals surface area (Å²) in [6, 6.07) is -0.00582. The van der Waals surface area contributed by atoms with Crippen LogP contribution < -0.4 is 14.4 Å². The molecule has 172 valence electrons. The van der Waals surface area contributed by atoms with Crippen LogP contribution in [0.5, 0.6) is 11.5 Å². The van der Waals surface area contributed by atoms with E-state index in [0.29, 0.717) is 40.9 Å². The van der Waals surface area contributed by atoms with E-state index in [1.54, 1.807) is 0 Å². The van der Waals surface area contributed by atoms with Crippen molar-refractivity contribution in [3.8, 4) is 11.5 Å². The largest absolute Gasteiger partial charge is 0.453 e. The molecular weight excluding hydrogens is 503 g/mol. The molecule has 0 saturated carbocycles. The van der Waals surface area contributed by atoms with E-state index in [0.717, 1.165) is 12.8 Å². The number of ether oxygens (including phenoxy) is 3. The number of hydrogen-bond donors (Lipinski definition) is 0. The van der Waals surface area contributed by atoms with Gasteiger partial charge in [0.2, 0.25) is 6.79 Å². The van der Waals surface area contributed by atoms with Gasteiger partial charge >= 0.3 is 6.09 Å². The predicted molar refractivity (Wildman–Crippen MR) is 122 cm³/mol. The number of amides is 1. The summed E-state index contributed by atoms with van der Waals surface area (Å²) in [5, 5.41) is 0.972. The van der Waals surface area contributed by atoms with Crippen LogP contribution in [0.3, 0.4) is 0 Å². The van der Waals surface area contributed by atoms with Crippen molar-refractivity contribution in [3.63, 3.8) is 0 Å². The molecule has 1 amide bonds. The molecule has 32 heavy (non-hydrogen) atoms. The Balaban J connectivity index is 1.56. The normalized spacial score (nSPS) is 22.1. The van der Waals surface area contributed by atoms with Gasteiger partial charge in [-0.2, -0.15) is 0 Å². The van der Waals surface area contributed by atoms with Crippen molar-refractivity contribution in [2.45, 2.75) is 56.5 Å². The number of fused-ring (bicyclic) bond motifs is 5. The topological polar surface area (TPSA) is 77.0 Å². The fourth-order valence-electron chi connectivity index (χ4n) is 4.64. The molecule has 3 aliphatic rings. The molecule has 8 nitrogen and oxygen atoms in total. The number of nitrogens with zero attached hydrogens (tertiary/aromatic N) is 4. The molecule has 0 radical (unpaired) electrons. The lowest BCUT2D eigenvalue weighted by atomic mass is 10.1. The van der Waals surface area contributed by atoms with Crippen LogP contribution in [0.25, 0.3) is 10.9 Å². The fourth-order valence-corrected chi connectivity index (χ4v) is 5.48. The summed E-state index contributed by atoms with van der Waals surface area (Å²) < 4.78 is 32.3. The Morgan fingerprint density at radius 2 is 1.84 bits per heavy atom. The van der Waals surface area contributed by atoms with Crippen molar-refractivity contribution < 1.29 is 23.4 Å². The van der Waals surface area contributed by atoms with Crippen molar-refractivity contribution >= 4 is 50.5 Å². The fraction of sp³-hybridized carbons (Fsp3) is 0.571. The second-order valence-corrected chi connectivity index (χ2v) is 10.7. The van der Waals surface area contributed by atoms with Crippen molar-refractivity contribution in [1.29, 1.82) is 0 Å². The van der Waals surface area contributed by atoms with Gasteiger partial charge in [-0.05, 0) is 55.8 Å². The van der Waals surface area contributed by atoms with Gasteiger partial charge in [0.05, 0.1) is 17.5 Å². The number of piperazine rings is 1. The van der Waals surface area contributed by atoms with Gasteiger partial charge in [-0.3, -0.25) is 4.90 Å². The molecule has 2 saturated heterocycles. The van der Waals surface area contributed by atoms with Crippen molar-refractivity contribution in [3.05, 3.63) is 10.3 Å². The molecule has 2 fully saturated rings. The molecule has 0 N–H and O–H groups in total. The molecule has 0 aliphatic carbocycles. The molecule has 2 bridgehead atoms. The van der Waals surface area contributed by atoms with Crippen LogP contribution in [-0.2, 0) is 4.74 Å². The summed E-state index contributed by atoms with van der Waals surface area (Å²) in [5.74, 6) is 0.872. The molecule has 1 aromatic carbocycles. The maximum Gasteiger partial charge on any atom is 0.410 e. The standard InChI is InChI=1S/C21H24BrFN4O4S/c1-21(2,3)31-20(28)27-10-5-6-11(27)8-26(7-10)18-12-15(24-19(25-18)32-4)14(23)13(22)17-16(12)29-9-30-17/h10-11H,5-9H2,1-4H3/t10-,11+. The van der Waals surface area contributed by atoms with Crippen LogP contribution >= 0.6 is 27.7 Å². The van der Waals surface area contributed by atoms with Crippen LogP contribution in [0, 0.1) is 5.82 Å². The second-order valence-electron chi connectivity index (χ2n) is 9.13. The van der Waals surface area contributed by atoms with Crippen LogP contribution in [0.1, 0.15) is 33.6 Å². The summed E-state index contributed by atoms with van der Waals surface area (Å²) in [6.07, 6.45) is 3.34. The lowest BCUT2D eigenvalue weighted by Gasteiger charge is -2.42. The number of hydrogen-bond acceptors (Lipinski definition) is 8. The zero-order chi connectivity index (χ0) is 22.8. The smallest absolute Gasteiger partial charge is 0.410 e. The minimum Gasteiger partial charge on any atom is -0.453 e. The van der Waals surface area contributed by atoms with Crippen molar-refractivity contribution in [2.75, 3.05) is 31.0 Å². The summed E-state index contributed by atoms with van der Waals surface area (Å²) in [7, 11) is 0. The van der Waals surface area contributed by atoms with Crippen molar-refractivity contribution in [2.24, 2.45) is 0 Å². The zero-order valence-electron chi connectivity index (χ0n) is 18.3. The van der Waals surface area contributed by atoms with E-state index in [1.807, 2.05) is 31.9 Å². The highest BCUT2D eigenvalue weighted by atomic mass is 79.9.